The number of ether oxygens (including phenoxy) is 1. The van der Waals surface area contributed by atoms with Gasteiger partial charge < -0.3 is 9.30 Å². The number of halogens is 1. The lowest BCUT2D eigenvalue weighted by Gasteiger charge is -2.15. The standard InChI is InChI=1S/C13H18ClN3O2Si/c1-20(2,3)5-4-19-9-17-6-10(7-18)11-12(14)15-8-16-13(11)17/h6-8H,4-5,9H2,1-3H3. The van der Waals surface area contributed by atoms with Gasteiger partial charge in [0.1, 0.15) is 23.9 Å². The van der Waals surface area contributed by atoms with Crippen molar-refractivity contribution in [1.82, 2.24) is 14.5 Å². The van der Waals surface area contributed by atoms with Crippen LogP contribution in [0.2, 0.25) is 30.8 Å². The molecular weight excluding hydrogens is 294 g/mol. The maximum absolute atomic E-state index is 11.1. The van der Waals surface area contributed by atoms with E-state index < -0.39 is 8.07 Å². The first-order valence-electron chi connectivity index (χ1n) is 6.44. The van der Waals surface area contributed by atoms with Crippen molar-refractivity contribution in [2.75, 3.05) is 6.61 Å². The van der Waals surface area contributed by atoms with Crippen LogP contribution in [0.15, 0.2) is 12.5 Å². The average Bonchev–Trinajstić information content (AvgIpc) is 2.73. The summed E-state index contributed by atoms with van der Waals surface area (Å²) in [4.78, 5) is 19.2. The van der Waals surface area contributed by atoms with Crippen LogP contribution >= 0.6 is 11.6 Å². The molecule has 0 aromatic carbocycles. The van der Waals surface area contributed by atoms with Gasteiger partial charge in [0.15, 0.2) is 6.29 Å². The average molecular weight is 312 g/mol. The molecule has 2 rings (SSSR count). The lowest BCUT2D eigenvalue weighted by atomic mass is 10.3. The van der Waals surface area contributed by atoms with Gasteiger partial charge in [-0.15, -0.1) is 0 Å². The highest BCUT2D eigenvalue weighted by molar-refractivity contribution is 6.76. The van der Waals surface area contributed by atoms with Crippen molar-refractivity contribution < 1.29 is 9.53 Å². The van der Waals surface area contributed by atoms with Gasteiger partial charge in [0.2, 0.25) is 0 Å². The second-order valence-corrected chi connectivity index (χ2v) is 11.9. The fourth-order valence-corrected chi connectivity index (χ4v) is 2.84. The van der Waals surface area contributed by atoms with Crippen molar-refractivity contribution in [3.8, 4) is 0 Å². The summed E-state index contributed by atoms with van der Waals surface area (Å²) in [5.74, 6) is 0. The van der Waals surface area contributed by atoms with Gasteiger partial charge in [0.25, 0.3) is 0 Å². The molecule has 0 amide bonds. The molecule has 0 fully saturated rings. The maximum Gasteiger partial charge on any atom is 0.152 e. The fourth-order valence-electron chi connectivity index (χ4n) is 1.84. The van der Waals surface area contributed by atoms with Gasteiger partial charge in [-0.25, -0.2) is 9.97 Å². The number of hydrogen-bond donors (Lipinski definition) is 0. The normalized spacial score (nSPS) is 12.0. The van der Waals surface area contributed by atoms with Gasteiger partial charge in [-0.1, -0.05) is 31.2 Å². The number of fused-ring (bicyclic) bond motifs is 1. The summed E-state index contributed by atoms with van der Waals surface area (Å²) in [5.41, 5.74) is 1.11. The molecule has 2 aromatic heterocycles. The summed E-state index contributed by atoms with van der Waals surface area (Å²) in [6.07, 6.45) is 3.85. The summed E-state index contributed by atoms with van der Waals surface area (Å²) in [5, 5.41) is 0.871. The number of carbonyl (C=O) groups excluding carboxylic acids is 1. The Morgan fingerprint density at radius 2 is 2.15 bits per heavy atom. The molecule has 0 aliphatic rings. The van der Waals surface area contributed by atoms with E-state index in [0.29, 0.717) is 29.9 Å². The molecule has 5 nitrogen and oxygen atoms in total. The number of carbonyl (C=O) groups is 1. The highest BCUT2D eigenvalue weighted by Crippen LogP contribution is 2.24. The quantitative estimate of drug-likeness (QED) is 0.356. The monoisotopic (exact) mass is 311 g/mol. The van der Waals surface area contributed by atoms with E-state index in [9.17, 15) is 4.79 Å². The third-order valence-electron chi connectivity index (χ3n) is 2.99. The molecule has 0 aliphatic heterocycles. The van der Waals surface area contributed by atoms with E-state index in [1.54, 1.807) is 10.8 Å². The van der Waals surface area contributed by atoms with Gasteiger partial charge in [-0.05, 0) is 6.04 Å². The van der Waals surface area contributed by atoms with E-state index in [1.165, 1.54) is 6.33 Å². The van der Waals surface area contributed by atoms with Crippen molar-refractivity contribution in [3.63, 3.8) is 0 Å². The second-order valence-electron chi connectivity index (χ2n) is 5.88. The van der Waals surface area contributed by atoms with Gasteiger partial charge in [0.05, 0.1) is 5.39 Å². The molecule has 0 bridgehead atoms. The first-order chi connectivity index (χ1) is 9.42. The Bertz CT molecular complexity index is 622. The lowest BCUT2D eigenvalue weighted by Crippen LogP contribution is -2.22. The largest absolute Gasteiger partial charge is 0.361 e. The zero-order valence-corrected chi connectivity index (χ0v) is 13.6. The summed E-state index contributed by atoms with van der Waals surface area (Å²) >= 11 is 6.02. The van der Waals surface area contributed by atoms with Crippen LogP contribution < -0.4 is 0 Å². The Morgan fingerprint density at radius 3 is 2.80 bits per heavy atom. The highest BCUT2D eigenvalue weighted by atomic mass is 35.5. The van der Waals surface area contributed by atoms with Crippen molar-refractivity contribution in [2.24, 2.45) is 0 Å². The summed E-state index contributed by atoms with van der Waals surface area (Å²) in [7, 11) is -1.10. The Labute approximate surface area is 123 Å². The predicted octanol–water partition coefficient (Wildman–Crippen LogP) is 3.21. The maximum atomic E-state index is 11.1. The van der Waals surface area contributed by atoms with Crippen LogP contribution in [0.3, 0.4) is 0 Å². The number of aromatic nitrogens is 3. The smallest absolute Gasteiger partial charge is 0.152 e. The minimum absolute atomic E-state index is 0.290. The number of aldehydes is 1. The van der Waals surface area contributed by atoms with E-state index in [1.807, 2.05) is 0 Å². The summed E-state index contributed by atoms with van der Waals surface area (Å²) in [6.45, 7) is 7.99. The van der Waals surface area contributed by atoms with Crippen LogP contribution in [-0.2, 0) is 11.5 Å². The summed E-state index contributed by atoms with van der Waals surface area (Å²) < 4.78 is 7.47. The van der Waals surface area contributed by atoms with E-state index in [4.69, 9.17) is 16.3 Å². The van der Waals surface area contributed by atoms with Gasteiger partial charge in [-0.2, -0.15) is 0 Å². The lowest BCUT2D eigenvalue weighted by molar-refractivity contribution is 0.0897. The molecule has 0 spiro atoms. The van der Waals surface area contributed by atoms with Crippen LogP contribution in [0.1, 0.15) is 10.4 Å². The Morgan fingerprint density at radius 1 is 1.40 bits per heavy atom. The Hall–Kier alpha value is -1.24. The second kappa shape index (κ2) is 6.03. The van der Waals surface area contributed by atoms with E-state index in [0.717, 1.165) is 12.3 Å². The van der Waals surface area contributed by atoms with Crippen molar-refractivity contribution in [2.45, 2.75) is 32.4 Å². The molecule has 0 radical (unpaired) electrons. The van der Waals surface area contributed by atoms with Crippen LogP contribution in [0.5, 0.6) is 0 Å². The third kappa shape index (κ3) is 3.44. The molecule has 2 aromatic rings. The SMILES string of the molecule is C[Si](C)(C)CCOCn1cc(C=O)c2c(Cl)ncnc21. The molecule has 0 aliphatic carbocycles. The number of nitrogens with zero attached hydrogens (tertiary/aromatic N) is 3. The van der Waals surface area contributed by atoms with E-state index in [2.05, 4.69) is 29.6 Å². The molecule has 0 unspecified atom stereocenters. The first-order valence-corrected chi connectivity index (χ1v) is 10.5. The molecule has 2 heterocycles. The molecule has 0 saturated heterocycles. The van der Waals surface area contributed by atoms with Gasteiger partial charge >= 0.3 is 0 Å². The molecule has 20 heavy (non-hydrogen) atoms. The van der Waals surface area contributed by atoms with Crippen LogP contribution in [0, 0.1) is 0 Å². The van der Waals surface area contributed by atoms with Crippen LogP contribution in [0.4, 0.5) is 0 Å². The molecule has 7 heteroatoms. The fraction of sp³-hybridized carbons (Fsp3) is 0.462. The minimum Gasteiger partial charge on any atom is -0.361 e. The molecule has 0 atom stereocenters. The topological polar surface area (TPSA) is 57.0 Å². The van der Waals surface area contributed by atoms with Gasteiger partial charge in [-0.3, -0.25) is 4.79 Å². The zero-order chi connectivity index (χ0) is 14.8. The molecule has 0 N–H and O–H groups in total. The Kier molecular flexibility index (Phi) is 4.57. The molecular formula is C13H18ClN3O2Si. The minimum atomic E-state index is -1.10. The van der Waals surface area contributed by atoms with Crippen molar-refractivity contribution in [3.05, 3.63) is 23.2 Å². The van der Waals surface area contributed by atoms with Crippen LogP contribution in [0.25, 0.3) is 11.0 Å². The highest BCUT2D eigenvalue weighted by Gasteiger charge is 2.14. The van der Waals surface area contributed by atoms with E-state index >= 15 is 0 Å². The Balaban J connectivity index is 2.15. The number of rotatable bonds is 6. The first kappa shape index (κ1) is 15.2. The predicted molar refractivity (Wildman–Crippen MR) is 82.0 cm³/mol. The zero-order valence-electron chi connectivity index (χ0n) is 11.9. The molecule has 0 saturated carbocycles. The summed E-state index contributed by atoms with van der Waals surface area (Å²) in [6, 6.07) is 1.10. The molecule has 108 valence electrons. The van der Waals surface area contributed by atoms with Crippen molar-refractivity contribution >= 4 is 37.0 Å². The van der Waals surface area contributed by atoms with E-state index in [-0.39, 0.29) is 5.15 Å². The number of hydrogen-bond acceptors (Lipinski definition) is 4. The van der Waals surface area contributed by atoms with Gasteiger partial charge in [0, 0.05) is 26.4 Å². The third-order valence-corrected chi connectivity index (χ3v) is 4.98. The van der Waals surface area contributed by atoms with Crippen LogP contribution in [-0.4, -0.2) is 35.5 Å². The van der Waals surface area contributed by atoms with Crippen molar-refractivity contribution in [1.29, 1.82) is 0 Å².